The molecule has 4 N–H and O–H groups in total. The largest absolute Gasteiger partial charge is 0.506 e. The van der Waals surface area contributed by atoms with Gasteiger partial charge in [-0.2, -0.15) is 0 Å². The summed E-state index contributed by atoms with van der Waals surface area (Å²) in [6, 6.07) is 9.85. The molecule has 0 atom stereocenters. The molecule has 0 fully saturated rings. The van der Waals surface area contributed by atoms with Crippen LogP contribution in [0.3, 0.4) is 0 Å². The van der Waals surface area contributed by atoms with Gasteiger partial charge in [-0.05, 0) is 37.1 Å². The molecular weight excluding hydrogens is 392 g/mol. The molecule has 1 aromatic carbocycles. The predicted octanol–water partition coefficient (Wildman–Crippen LogP) is 4.36. The fourth-order valence-electron chi connectivity index (χ4n) is 3.68. The zero-order valence-electron chi connectivity index (χ0n) is 16.0. The topological polar surface area (TPSA) is 120 Å². The number of hydrogen-bond acceptors (Lipinski definition) is 7. The van der Waals surface area contributed by atoms with E-state index in [1.807, 2.05) is 13.8 Å². The van der Waals surface area contributed by atoms with Gasteiger partial charge in [0, 0.05) is 12.2 Å². The number of rotatable bonds is 4. The molecule has 0 amide bonds. The number of aromatic hydroxyl groups is 1. The lowest BCUT2D eigenvalue weighted by atomic mass is 10.1. The Morgan fingerprint density at radius 3 is 2.59 bits per heavy atom. The molecule has 8 nitrogen and oxygen atoms in total. The van der Waals surface area contributed by atoms with E-state index in [9.17, 15) is 19.0 Å². The molecule has 1 aliphatic rings. The van der Waals surface area contributed by atoms with Gasteiger partial charge in [-0.25, -0.2) is 4.98 Å². The quantitative estimate of drug-likeness (QED) is 0.503. The maximum atomic E-state index is 13.5. The van der Waals surface area contributed by atoms with Crippen molar-refractivity contribution >= 4 is 33.3 Å². The number of aromatic nitrogens is 2. The summed E-state index contributed by atoms with van der Waals surface area (Å²) in [7, 11) is -3.52. The van der Waals surface area contributed by atoms with Gasteiger partial charge in [0.25, 0.3) is 5.56 Å². The third-order valence-corrected chi connectivity index (χ3v) is 6.52. The monoisotopic (exact) mass is 414 g/mol. The number of para-hydroxylation sites is 1. The molecule has 3 aromatic rings. The van der Waals surface area contributed by atoms with Crippen LogP contribution in [-0.2, 0) is 0 Å². The van der Waals surface area contributed by atoms with Crippen LogP contribution in [0.5, 0.6) is 5.75 Å². The van der Waals surface area contributed by atoms with Gasteiger partial charge in [0.15, 0.2) is 5.84 Å². The summed E-state index contributed by atoms with van der Waals surface area (Å²) in [6.45, 7) is 3.95. The number of nitrogens with zero attached hydrogens (tertiary/aromatic N) is 3. The summed E-state index contributed by atoms with van der Waals surface area (Å²) in [6.07, 6.45) is 2.97. The fourth-order valence-corrected chi connectivity index (χ4v) is 4.84. The molecule has 0 unspecified atom stereocenters. The van der Waals surface area contributed by atoms with Crippen LogP contribution in [0.4, 0.5) is 5.69 Å². The number of nitrogens with one attached hydrogen (secondary N) is 1. The molecule has 3 heterocycles. The summed E-state index contributed by atoms with van der Waals surface area (Å²) >= 11 is 0. The minimum atomic E-state index is -3.52. The van der Waals surface area contributed by atoms with Crippen LogP contribution >= 0.6 is 10.8 Å². The SMILES string of the molecule is CCC(CC)n1c(=O)c(C2=NS(O)(O)c3ccccc3N2)c(O)c2cccnc21. The molecule has 29 heavy (non-hydrogen) atoms. The lowest BCUT2D eigenvalue weighted by molar-refractivity contribution is 0.454. The molecule has 2 aromatic heterocycles. The maximum Gasteiger partial charge on any atom is 0.267 e. The van der Waals surface area contributed by atoms with E-state index in [4.69, 9.17) is 0 Å². The third-order valence-electron chi connectivity index (χ3n) is 5.14. The van der Waals surface area contributed by atoms with Gasteiger partial charge in [-0.3, -0.25) is 18.5 Å². The van der Waals surface area contributed by atoms with Crippen molar-refractivity contribution in [2.45, 2.75) is 37.6 Å². The highest BCUT2D eigenvalue weighted by molar-refractivity contribution is 8.23. The first-order valence-corrected chi connectivity index (χ1v) is 10.9. The standard InChI is InChI=1S/C20H22N4O4S/c1-3-12(4-2)24-19-13(8-7-11-21-19)17(25)16(20(24)26)18-22-14-9-5-6-10-15(14)29(27,28)23-18/h5-12,25,27-28H,3-4H2,1-2H3,(H,22,23). The van der Waals surface area contributed by atoms with Gasteiger partial charge in [0.2, 0.25) is 0 Å². The second-order valence-electron chi connectivity index (χ2n) is 6.82. The van der Waals surface area contributed by atoms with Crippen molar-refractivity contribution in [2.75, 3.05) is 5.32 Å². The first-order chi connectivity index (χ1) is 13.9. The Hall–Kier alpha value is -2.88. The maximum absolute atomic E-state index is 13.5. The van der Waals surface area contributed by atoms with E-state index in [-0.39, 0.29) is 28.1 Å². The number of benzene rings is 1. The van der Waals surface area contributed by atoms with E-state index in [1.165, 1.54) is 0 Å². The van der Waals surface area contributed by atoms with Gasteiger partial charge in [-0.1, -0.05) is 36.8 Å². The third kappa shape index (κ3) is 3.07. The summed E-state index contributed by atoms with van der Waals surface area (Å²) < 4.78 is 26.6. The Bertz CT molecular complexity index is 1180. The van der Waals surface area contributed by atoms with Crippen molar-refractivity contribution in [3.63, 3.8) is 0 Å². The van der Waals surface area contributed by atoms with E-state index in [1.54, 1.807) is 47.2 Å². The molecule has 152 valence electrons. The van der Waals surface area contributed by atoms with Crippen LogP contribution in [-0.4, -0.2) is 29.6 Å². The number of hydrogen-bond donors (Lipinski definition) is 4. The summed E-state index contributed by atoms with van der Waals surface area (Å²) in [5, 5.41) is 14.3. The average molecular weight is 414 g/mol. The number of pyridine rings is 2. The number of anilines is 1. The molecule has 4 rings (SSSR count). The Labute approximate surface area is 169 Å². The fraction of sp³-hybridized carbons (Fsp3) is 0.250. The van der Waals surface area contributed by atoms with Crippen LogP contribution in [0.15, 0.2) is 56.7 Å². The van der Waals surface area contributed by atoms with E-state index in [2.05, 4.69) is 14.7 Å². The zero-order chi connectivity index (χ0) is 20.8. The number of fused-ring (bicyclic) bond motifs is 2. The zero-order valence-corrected chi connectivity index (χ0v) is 16.8. The molecule has 0 aliphatic carbocycles. The Balaban J connectivity index is 2.03. The van der Waals surface area contributed by atoms with Gasteiger partial charge in [-0.15, -0.1) is 4.40 Å². The van der Waals surface area contributed by atoms with Crippen LogP contribution < -0.4 is 10.9 Å². The summed E-state index contributed by atoms with van der Waals surface area (Å²) in [5.74, 6) is -0.363. The van der Waals surface area contributed by atoms with Crippen molar-refractivity contribution < 1.29 is 14.2 Å². The van der Waals surface area contributed by atoms with Gasteiger partial charge >= 0.3 is 0 Å². The molecule has 0 saturated carbocycles. The van der Waals surface area contributed by atoms with Gasteiger partial charge < -0.3 is 10.4 Å². The Kier molecular flexibility index (Phi) is 4.81. The Morgan fingerprint density at radius 1 is 1.14 bits per heavy atom. The van der Waals surface area contributed by atoms with Crippen molar-refractivity contribution in [1.82, 2.24) is 9.55 Å². The van der Waals surface area contributed by atoms with Gasteiger partial charge in [0.05, 0.1) is 11.1 Å². The molecule has 0 spiro atoms. The predicted molar refractivity (Wildman–Crippen MR) is 115 cm³/mol. The molecule has 0 bridgehead atoms. The lowest BCUT2D eigenvalue weighted by Crippen LogP contribution is -2.34. The van der Waals surface area contributed by atoms with Crippen LogP contribution in [0.2, 0.25) is 0 Å². The van der Waals surface area contributed by atoms with E-state index in [0.29, 0.717) is 29.6 Å². The van der Waals surface area contributed by atoms with Crippen molar-refractivity contribution in [3.05, 3.63) is 58.5 Å². The first-order valence-electron chi connectivity index (χ1n) is 9.35. The molecule has 0 saturated heterocycles. The molecule has 1 aliphatic heterocycles. The minimum absolute atomic E-state index is 0.0725. The highest BCUT2D eigenvalue weighted by Crippen LogP contribution is 2.55. The smallest absolute Gasteiger partial charge is 0.267 e. The van der Waals surface area contributed by atoms with E-state index < -0.39 is 16.3 Å². The molecule has 0 radical (unpaired) electrons. The second-order valence-corrected chi connectivity index (χ2v) is 8.48. The first kappa shape index (κ1) is 19.4. The average Bonchev–Trinajstić information content (AvgIpc) is 2.71. The van der Waals surface area contributed by atoms with Crippen LogP contribution in [0.25, 0.3) is 11.0 Å². The second kappa shape index (κ2) is 7.18. The highest BCUT2D eigenvalue weighted by Gasteiger charge is 2.31. The summed E-state index contributed by atoms with van der Waals surface area (Å²) in [5.41, 5.74) is 0.225. The normalized spacial score (nSPS) is 16.2. The minimum Gasteiger partial charge on any atom is -0.506 e. The van der Waals surface area contributed by atoms with Crippen LogP contribution in [0, 0.1) is 0 Å². The van der Waals surface area contributed by atoms with E-state index >= 15 is 0 Å². The Morgan fingerprint density at radius 2 is 1.86 bits per heavy atom. The highest BCUT2D eigenvalue weighted by atomic mass is 32.3. The van der Waals surface area contributed by atoms with Crippen molar-refractivity contribution in [3.8, 4) is 5.75 Å². The lowest BCUT2D eigenvalue weighted by Gasteiger charge is -2.34. The van der Waals surface area contributed by atoms with Crippen LogP contribution in [0.1, 0.15) is 38.3 Å². The van der Waals surface area contributed by atoms with Crippen molar-refractivity contribution in [1.29, 1.82) is 0 Å². The van der Waals surface area contributed by atoms with E-state index in [0.717, 1.165) is 0 Å². The van der Waals surface area contributed by atoms with Gasteiger partial charge in [0.1, 0.15) is 21.9 Å². The molecular formula is C20H22N4O4S. The summed E-state index contributed by atoms with van der Waals surface area (Å²) in [4.78, 5) is 18.0. The molecule has 9 heteroatoms. The number of amidine groups is 1. The van der Waals surface area contributed by atoms with Crippen molar-refractivity contribution in [2.24, 2.45) is 4.40 Å².